The molecule has 370 valence electrons. The Hall–Kier alpha value is -0.760. The number of esters is 1. The normalized spacial score (nSPS) is 13.6. The SMILES string of the molecule is CCCCCCCC/C=C\CCCCCCCC(=O)OC(COCCCCCCCCCCCCCCCCCCCCCCCCCCC)COP(=O)([O-])OCC[N+](C)(C)C. The number of rotatable bonds is 51. The maximum absolute atomic E-state index is 12.7. The van der Waals surface area contributed by atoms with Gasteiger partial charge in [0, 0.05) is 13.0 Å². The number of hydrogen-bond acceptors (Lipinski definition) is 7. The standard InChI is InChI=1S/C53H106NO7P/c1-6-8-10-12-14-16-18-20-22-23-24-25-26-27-28-29-30-31-33-35-37-39-41-43-45-48-58-50-52(51-60-62(56,57)59-49-47-54(3,4)5)61-53(55)46-44-42-40-38-36-34-32-21-19-17-15-13-11-9-7-2/h21,32,52H,6-20,22-31,33-51H2,1-5H3/b32-21-. The van der Waals surface area contributed by atoms with Gasteiger partial charge in [0.1, 0.15) is 19.3 Å². The molecule has 9 heteroatoms. The minimum Gasteiger partial charge on any atom is -0.756 e. The predicted molar refractivity (Wildman–Crippen MR) is 264 cm³/mol. The molecule has 0 aromatic heterocycles. The number of unbranched alkanes of at least 4 members (excludes halogenated alkanes) is 35. The van der Waals surface area contributed by atoms with E-state index in [9.17, 15) is 14.3 Å². The van der Waals surface area contributed by atoms with Crippen molar-refractivity contribution in [3.63, 3.8) is 0 Å². The number of phosphoric ester groups is 1. The number of allylic oxidation sites excluding steroid dienone is 2. The lowest BCUT2D eigenvalue weighted by Crippen LogP contribution is -2.37. The van der Waals surface area contributed by atoms with Crippen molar-refractivity contribution in [3.8, 4) is 0 Å². The fraction of sp³-hybridized carbons (Fsp3) is 0.943. The molecule has 0 aliphatic carbocycles. The summed E-state index contributed by atoms with van der Waals surface area (Å²) in [5, 5.41) is 0. The Morgan fingerprint density at radius 2 is 0.839 bits per heavy atom. The second kappa shape index (κ2) is 46.8. The monoisotopic (exact) mass is 900 g/mol. The van der Waals surface area contributed by atoms with E-state index in [1.54, 1.807) is 0 Å². The van der Waals surface area contributed by atoms with Crippen LogP contribution in [-0.4, -0.2) is 70.7 Å². The quantitative estimate of drug-likeness (QED) is 0.0197. The van der Waals surface area contributed by atoms with Gasteiger partial charge in [0.25, 0.3) is 7.82 Å². The molecule has 2 atom stereocenters. The van der Waals surface area contributed by atoms with E-state index in [2.05, 4.69) is 26.0 Å². The van der Waals surface area contributed by atoms with E-state index in [-0.39, 0.29) is 25.8 Å². The molecule has 0 aromatic carbocycles. The molecule has 62 heavy (non-hydrogen) atoms. The molecule has 0 spiro atoms. The highest BCUT2D eigenvalue weighted by Gasteiger charge is 2.20. The average molecular weight is 900 g/mol. The molecule has 0 fully saturated rings. The van der Waals surface area contributed by atoms with Gasteiger partial charge in [-0.2, -0.15) is 0 Å². The summed E-state index contributed by atoms with van der Waals surface area (Å²) in [7, 11) is 1.37. The third-order valence-electron chi connectivity index (χ3n) is 12.1. The van der Waals surface area contributed by atoms with Crippen LogP contribution in [0.25, 0.3) is 0 Å². The molecule has 0 saturated heterocycles. The van der Waals surface area contributed by atoms with Gasteiger partial charge in [-0.1, -0.05) is 231 Å². The van der Waals surface area contributed by atoms with Crippen molar-refractivity contribution in [1.29, 1.82) is 0 Å². The summed E-state index contributed by atoms with van der Waals surface area (Å²) in [4.78, 5) is 25.1. The highest BCUT2D eigenvalue weighted by atomic mass is 31.2. The Labute approximate surface area is 386 Å². The molecule has 0 saturated carbocycles. The van der Waals surface area contributed by atoms with E-state index in [0.717, 1.165) is 44.9 Å². The maximum Gasteiger partial charge on any atom is 0.306 e. The van der Waals surface area contributed by atoms with Crippen LogP contribution in [0.15, 0.2) is 12.2 Å². The Bertz CT molecular complexity index is 1000. The molecule has 0 aliphatic heterocycles. The highest BCUT2D eigenvalue weighted by molar-refractivity contribution is 7.45. The smallest absolute Gasteiger partial charge is 0.306 e. The van der Waals surface area contributed by atoms with Crippen LogP contribution in [0.5, 0.6) is 0 Å². The van der Waals surface area contributed by atoms with Crippen LogP contribution in [0.4, 0.5) is 0 Å². The van der Waals surface area contributed by atoms with Crippen molar-refractivity contribution < 1.29 is 37.3 Å². The van der Waals surface area contributed by atoms with E-state index >= 15 is 0 Å². The van der Waals surface area contributed by atoms with Gasteiger partial charge in [-0.15, -0.1) is 0 Å². The van der Waals surface area contributed by atoms with Crippen molar-refractivity contribution in [3.05, 3.63) is 12.2 Å². The van der Waals surface area contributed by atoms with E-state index in [1.165, 1.54) is 199 Å². The van der Waals surface area contributed by atoms with Crippen molar-refractivity contribution in [2.45, 2.75) is 270 Å². The van der Waals surface area contributed by atoms with Crippen LogP contribution in [0.2, 0.25) is 0 Å². The number of carbonyl (C=O) groups is 1. The lowest BCUT2D eigenvalue weighted by atomic mass is 10.0. The minimum absolute atomic E-state index is 0.0281. The zero-order valence-electron chi connectivity index (χ0n) is 42.1. The van der Waals surface area contributed by atoms with Gasteiger partial charge in [0.05, 0.1) is 34.4 Å². The van der Waals surface area contributed by atoms with Crippen molar-refractivity contribution in [2.75, 3.05) is 54.1 Å². The van der Waals surface area contributed by atoms with Gasteiger partial charge in [-0.05, 0) is 38.5 Å². The van der Waals surface area contributed by atoms with Crippen LogP contribution in [0.3, 0.4) is 0 Å². The van der Waals surface area contributed by atoms with Gasteiger partial charge < -0.3 is 27.9 Å². The van der Waals surface area contributed by atoms with Gasteiger partial charge in [-0.3, -0.25) is 9.36 Å². The van der Waals surface area contributed by atoms with Crippen molar-refractivity contribution >= 4 is 13.8 Å². The van der Waals surface area contributed by atoms with Gasteiger partial charge in [0.2, 0.25) is 0 Å². The van der Waals surface area contributed by atoms with Crippen LogP contribution in [-0.2, 0) is 27.9 Å². The molecule has 0 bridgehead atoms. The van der Waals surface area contributed by atoms with E-state index in [4.69, 9.17) is 18.5 Å². The Morgan fingerprint density at radius 3 is 1.23 bits per heavy atom. The van der Waals surface area contributed by atoms with Gasteiger partial charge in [0.15, 0.2) is 0 Å². The Balaban J connectivity index is 4.02. The predicted octanol–water partition coefficient (Wildman–Crippen LogP) is 15.9. The third-order valence-corrected chi connectivity index (χ3v) is 13.0. The first-order chi connectivity index (χ1) is 30.1. The molecule has 0 amide bonds. The summed E-state index contributed by atoms with van der Waals surface area (Å²) in [5.74, 6) is -0.337. The van der Waals surface area contributed by atoms with E-state index < -0.39 is 13.9 Å². The number of phosphoric acid groups is 1. The lowest BCUT2D eigenvalue weighted by molar-refractivity contribution is -0.870. The molecule has 0 aromatic rings. The molecule has 0 rings (SSSR count). The summed E-state index contributed by atoms with van der Waals surface area (Å²) < 4.78 is 34.8. The summed E-state index contributed by atoms with van der Waals surface area (Å²) >= 11 is 0. The number of nitrogens with zero attached hydrogens (tertiary/aromatic N) is 1. The third kappa shape index (κ3) is 50.2. The topological polar surface area (TPSA) is 94.1 Å². The van der Waals surface area contributed by atoms with Crippen LogP contribution >= 0.6 is 7.82 Å². The van der Waals surface area contributed by atoms with Gasteiger partial charge in [-0.25, -0.2) is 0 Å². The van der Waals surface area contributed by atoms with E-state index in [1.807, 2.05) is 21.1 Å². The van der Waals surface area contributed by atoms with Crippen LogP contribution in [0, 0.1) is 0 Å². The summed E-state index contributed by atoms with van der Waals surface area (Å²) in [6.45, 7) is 5.46. The minimum atomic E-state index is -4.53. The van der Waals surface area contributed by atoms with Crippen molar-refractivity contribution in [2.24, 2.45) is 0 Å². The fourth-order valence-corrected chi connectivity index (χ4v) is 8.63. The molecule has 0 N–H and O–H groups in total. The van der Waals surface area contributed by atoms with E-state index in [0.29, 0.717) is 24.1 Å². The molecule has 0 aliphatic rings. The Kier molecular flexibility index (Phi) is 46.2. The fourth-order valence-electron chi connectivity index (χ4n) is 7.90. The molecular formula is C53H106NO7P. The number of ether oxygens (including phenoxy) is 2. The molecule has 8 nitrogen and oxygen atoms in total. The summed E-state index contributed by atoms with van der Waals surface area (Å²) in [5.41, 5.74) is 0. The first-order valence-corrected chi connectivity index (χ1v) is 28.4. The molecular weight excluding hydrogens is 794 g/mol. The second-order valence-electron chi connectivity index (χ2n) is 19.6. The zero-order valence-corrected chi connectivity index (χ0v) is 43.0. The number of quaternary nitrogens is 1. The average Bonchev–Trinajstić information content (AvgIpc) is 3.23. The number of carbonyl (C=O) groups excluding carboxylic acids is 1. The largest absolute Gasteiger partial charge is 0.756 e. The molecule has 0 radical (unpaired) electrons. The lowest BCUT2D eigenvalue weighted by Gasteiger charge is -2.28. The zero-order chi connectivity index (χ0) is 45.5. The number of hydrogen-bond donors (Lipinski definition) is 0. The van der Waals surface area contributed by atoms with Crippen LogP contribution in [0.1, 0.15) is 264 Å². The summed E-state index contributed by atoms with van der Waals surface area (Å²) in [6, 6.07) is 0. The molecule has 0 heterocycles. The molecule has 2 unspecified atom stereocenters. The number of likely N-dealkylation sites (N-methyl/N-ethyl adjacent to an activating group) is 1. The first kappa shape index (κ1) is 61.2. The van der Waals surface area contributed by atoms with Crippen molar-refractivity contribution in [1.82, 2.24) is 0 Å². The Morgan fingerprint density at radius 1 is 0.484 bits per heavy atom. The maximum atomic E-state index is 12.7. The second-order valence-corrected chi connectivity index (χ2v) is 21.0. The van der Waals surface area contributed by atoms with Crippen LogP contribution < -0.4 is 4.89 Å². The highest BCUT2D eigenvalue weighted by Crippen LogP contribution is 2.38. The van der Waals surface area contributed by atoms with Gasteiger partial charge >= 0.3 is 5.97 Å². The summed E-state index contributed by atoms with van der Waals surface area (Å²) in [6.07, 6.45) is 53.9. The first-order valence-electron chi connectivity index (χ1n) is 26.9.